The zero-order valence-electron chi connectivity index (χ0n) is 11.8. The van der Waals surface area contributed by atoms with Gasteiger partial charge in [-0.15, -0.1) is 11.3 Å². The molecule has 1 aromatic rings. The summed E-state index contributed by atoms with van der Waals surface area (Å²) in [6.07, 6.45) is 1.99. The second-order valence-corrected chi connectivity index (χ2v) is 9.51. The van der Waals surface area contributed by atoms with Gasteiger partial charge in [-0.25, -0.2) is 8.42 Å². The summed E-state index contributed by atoms with van der Waals surface area (Å²) in [6, 6.07) is 3.58. The van der Waals surface area contributed by atoms with Crippen molar-refractivity contribution in [3.8, 4) is 0 Å². The van der Waals surface area contributed by atoms with Crippen LogP contribution in [0, 0.1) is 11.8 Å². The molecular formula is C14H17NO5S2. The first-order chi connectivity index (χ1) is 10.5. The maximum Gasteiger partial charge on any atom is 0.309 e. The lowest BCUT2D eigenvalue weighted by molar-refractivity contribution is -0.142. The molecule has 3 fully saturated rings. The molecule has 2 aliphatic heterocycles. The Morgan fingerprint density at radius 2 is 2.09 bits per heavy atom. The van der Waals surface area contributed by atoms with Crippen molar-refractivity contribution < 1.29 is 23.1 Å². The maximum atomic E-state index is 12.7. The molecule has 3 aliphatic rings. The van der Waals surface area contributed by atoms with Crippen LogP contribution in [0.2, 0.25) is 0 Å². The Balaban J connectivity index is 1.55. The first-order valence-electron chi connectivity index (χ1n) is 7.41. The summed E-state index contributed by atoms with van der Waals surface area (Å²) >= 11 is 1.35. The minimum Gasteiger partial charge on any atom is -0.481 e. The van der Waals surface area contributed by atoms with Gasteiger partial charge >= 0.3 is 5.97 Å². The van der Waals surface area contributed by atoms with Crippen LogP contribution in [-0.4, -0.2) is 49.6 Å². The third kappa shape index (κ3) is 2.29. The summed E-state index contributed by atoms with van der Waals surface area (Å²) in [5.41, 5.74) is 0. The van der Waals surface area contributed by atoms with Gasteiger partial charge in [-0.3, -0.25) is 4.79 Å². The van der Waals surface area contributed by atoms with E-state index in [1.807, 2.05) is 6.07 Å². The van der Waals surface area contributed by atoms with Crippen LogP contribution in [-0.2, 0) is 19.6 Å². The molecule has 0 aromatic carbocycles. The van der Waals surface area contributed by atoms with Crippen LogP contribution in [0.4, 0.5) is 0 Å². The molecule has 1 N–H and O–H groups in total. The number of aliphatic carboxylic acids is 1. The molecule has 120 valence electrons. The van der Waals surface area contributed by atoms with E-state index in [-0.39, 0.29) is 31.7 Å². The van der Waals surface area contributed by atoms with Crippen LogP contribution >= 0.6 is 11.3 Å². The summed E-state index contributed by atoms with van der Waals surface area (Å²) in [5, 5.41) is 9.19. The van der Waals surface area contributed by atoms with Gasteiger partial charge < -0.3 is 9.84 Å². The Bertz CT molecular complexity index is 709. The number of carboxylic acids is 1. The van der Waals surface area contributed by atoms with Crippen LogP contribution in [0.3, 0.4) is 0 Å². The van der Waals surface area contributed by atoms with Crippen molar-refractivity contribution in [2.45, 2.75) is 29.1 Å². The molecule has 3 heterocycles. The van der Waals surface area contributed by atoms with E-state index >= 15 is 0 Å². The fraction of sp³-hybridized carbons (Fsp3) is 0.643. The predicted molar refractivity (Wildman–Crippen MR) is 79.4 cm³/mol. The van der Waals surface area contributed by atoms with E-state index in [9.17, 15) is 18.3 Å². The van der Waals surface area contributed by atoms with E-state index in [1.54, 1.807) is 6.07 Å². The van der Waals surface area contributed by atoms with Crippen molar-refractivity contribution in [1.29, 1.82) is 0 Å². The van der Waals surface area contributed by atoms with Gasteiger partial charge in [0.1, 0.15) is 4.21 Å². The Kier molecular flexibility index (Phi) is 3.34. The highest BCUT2D eigenvalue weighted by molar-refractivity contribution is 7.91. The molecule has 2 saturated heterocycles. The quantitative estimate of drug-likeness (QED) is 0.892. The van der Waals surface area contributed by atoms with E-state index in [0.717, 1.165) is 17.7 Å². The monoisotopic (exact) mass is 343 g/mol. The molecule has 1 aliphatic carbocycles. The zero-order valence-corrected chi connectivity index (χ0v) is 13.5. The van der Waals surface area contributed by atoms with Crippen molar-refractivity contribution in [1.82, 2.24) is 4.31 Å². The summed E-state index contributed by atoms with van der Waals surface area (Å²) in [6.45, 7) is 0.678. The first kappa shape index (κ1) is 14.6. The smallest absolute Gasteiger partial charge is 0.309 e. The van der Waals surface area contributed by atoms with Crippen LogP contribution in [0.5, 0.6) is 0 Å². The van der Waals surface area contributed by atoms with E-state index in [1.165, 1.54) is 15.6 Å². The Labute approximate surface area is 132 Å². The number of hydrogen-bond donors (Lipinski definition) is 1. The van der Waals surface area contributed by atoms with E-state index in [2.05, 4.69) is 0 Å². The molecule has 0 radical (unpaired) electrons. The molecule has 4 rings (SSSR count). The molecule has 0 bridgehead atoms. The standard InChI is InChI=1S/C14H17NO5S2/c16-14(17)10-7-20-11-6-15(5-9(10)11)22(18,19)13-4-3-12(21-13)8-1-2-8/h3-4,8-11H,1-2,5-7H2,(H,16,17)/t9-,10-,11-/m1/s1. The number of hydrogen-bond acceptors (Lipinski definition) is 5. The van der Waals surface area contributed by atoms with Gasteiger partial charge in [-0.05, 0) is 30.9 Å². The summed E-state index contributed by atoms with van der Waals surface area (Å²) < 4.78 is 32.7. The number of nitrogens with zero attached hydrogens (tertiary/aromatic N) is 1. The Morgan fingerprint density at radius 1 is 1.32 bits per heavy atom. The van der Waals surface area contributed by atoms with Crippen LogP contribution < -0.4 is 0 Å². The van der Waals surface area contributed by atoms with Crippen molar-refractivity contribution in [3.63, 3.8) is 0 Å². The molecule has 1 aromatic heterocycles. The second kappa shape index (κ2) is 5.02. The number of sulfonamides is 1. The van der Waals surface area contributed by atoms with E-state index in [4.69, 9.17) is 4.74 Å². The molecule has 0 unspecified atom stereocenters. The SMILES string of the molecule is O=C(O)[C@@H]1CO[C@@H]2CN(S(=O)(=O)c3ccc(C4CC4)s3)C[C@@H]21. The van der Waals surface area contributed by atoms with Crippen molar-refractivity contribution in [2.75, 3.05) is 19.7 Å². The van der Waals surface area contributed by atoms with Gasteiger partial charge in [0.15, 0.2) is 0 Å². The molecule has 0 spiro atoms. The number of ether oxygens (including phenoxy) is 1. The number of carbonyl (C=O) groups is 1. The molecule has 22 heavy (non-hydrogen) atoms. The zero-order chi connectivity index (χ0) is 15.5. The summed E-state index contributed by atoms with van der Waals surface area (Å²) in [5.74, 6) is -1.21. The topological polar surface area (TPSA) is 83.9 Å². The molecule has 6 nitrogen and oxygen atoms in total. The summed E-state index contributed by atoms with van der Waals surface area (Å²) in [4.78, 5) is 12.3. The molecular weight excluding hydrogens is 326 g/mol. The van der Waals surface area contributed by atoms with Crippen LogP contribution in [0.25, 0.3) is 0 Å². The molecule has 8 heteroatoms. The maximum absolute atomic E-state index is 12.7. The fourth-order valence-corrected chi connectivity index (χ4v) is 6.45. The third-order valence-corrected chi connectivity index (χ3v) is 8.32. The fourth-order valence-electron chi connectivity index (χ4n) is 3.32. The highest BCUT2D eigenvalue weighted by Crippen LogP contribution is 2.45. The number of thiophene rings is 1. The van der Waals surface area contributed by atoms with Crippen molar-refractivity contribution >= 4 is 27.3 Å². The highest BCUT2D eigenvalue weighted by Gasteiger charge is 2.50. The van der Waals surface area contributed by atoms with Gasteiger partial charge in [-0.2, -0.15) is 4.31 Å². The number of rotatable bonds is 4. The average Bonchev–Trinajstić information content (AvgIpc) is 2.91. The minimum atomic E-state index is -3.54. The highest BCUT2D eigenvalue weighted by atomic mass is 32.2. The Hall–Kier alpha value is -0.960. The third-order valence-electron chi connectivity index (χ3n) is 4.78. The lowest BCUT2D eigenvalue weighted by atomic mass is 9.94. The molecule has 1 saturated carbocycles. The van der Waals surface area contributed by atoms with Crippen LogP contribution in [0.1, 0.15) is 23.6 Å². The van der Waals surface area contributed by atoms with Crippen molar-refractivity contribution in [3.05, 3.63) is 17.0 Å². The van der Waals surface area contributed by atoms with Gasteiger partial charge in [0, 0.05) is 23.9 Å². The summed E-state index contributed by atoms with van der Waals surface area (Å²) in [7, 11) is -3.54. The van der Waals surface area contributed by atoms with Crippen LogP contribution in [0.15, 0.2) is 16.3 Å². The van der Waals surface area contributed by atoms with E-state index < -0.39 is 21.9 Å². The van der Waals surface area contributed by atoms with Crippen molar-refractivity contribution in [2.24, 2.45) is 11.8 Å². The van der Waals surface area contributed by atoms with E-state index in [0.29, 0.717) is 10.1 Å². The minimum absolute atomic E-state index is 0.184. The lowest BCUT2D eigenvalue weighted by Gasteiger charge is -2.17. The first-order valence-corrected chi connectivity index (χ1v) is 9.67. The van der Waals surface area contributed by atoms with Gasteiger partial charge in [-0.1, -0.05) is 0 Å². The lowest BCUT2D eigenvalue weighted by Crippen LogP contribution is -2.32. The van der Waals surface area contributed by atoms with Gasteiger partial charge in [0.25, 0.3) is 10.0 Å². The van der Waals surface area contributed by atoms with Gasteiger partial charge in [0.2, 0.25) is 0 Å². The largest absolute Gasteiger partial charge is 0.481 e. The number of carboxylic acid groups (broad SMARTS) is 1. The molecule has 0 amide bonds. The predicted octanol–water partition coefficient (Wildman–Crippen LogP) is 1.35. The Morgan fingerprint density at radius 3 is 2.77 bits per heavy atom. The second-order valence-electron chi connectivity index (χ2n) is 6.23. The normalized spacial score (nSPS) is 32.3. The average molecular weight is 343 g/mol. The molecule has 3 atom stereocenters. The van der Waals surface area contributed by atoms with Gasteiger partial charge in [0.05, 0.1) is 18.6 Å². The number of fused-ring (bicyclic) bond motifs is 1.